The second-order valence-corrected chi connectivity index (χ2v) is 41.0. The normalized spacial score (nSPS) is 17.2. The lowest BCUT2D eigenvalue weighted by atomic mass is 9.67. The van der Waals surface area contributed by atoms with Crippen molar-refractivity contribution in [2.24, 2.45) is 21.7 Å². The molecule has 136 heavy (non-hydrogen) atoms. The molecule has 5 N–H and O–H groups in total. The highest BCUT2D eigenvalue weighted by Gasteiger charge is 2.54. The fourth-order valence-corrected chi connectivity index (χ4v) is 19.2. The van der Waals surface area contributed by atoms with Crippen LogP contribution in [-0.2, 0) is 133 Å². The van der Waals surface area contributed by atoms with Gasteiger partial charge in [-0.25, -0.2) is 11.6 Å². The van der Waals surface area contributed by atoms with Gasteiger partial charge in [-0.3, -0.25) is 38.4 Å². The average molecular weight is 2040 g/mol. The van der Waals surface area contributed by atoms with Gasteiger partial charge in [0.25, 0.3) is 0 Å². The standard InChI is InChI=1S/C69H119N3O26S2.C26H47NO6S3/c1-56(74)72-61-63(78)62(77)59(53-73)98-64(61)95-23-13-9-8-10-15-58(76)19-24-83-27-29-85-31-33-87-35-37-89-39-41-91-43-45-93-47-49-94-48-46-92-44-42-90-40-38-88-36-34-86-32-30-84-28-26-82-22-14-16-57(75)18-20-69(5,70-6)55-68(4,54-67(2,3)65(79)96-50-25-81-7)66(80)97-51-52-99-100-60-17-11-12-21-71-60;1-9-13-16-32-22(31)25(6,18-24(5,11-3)21(30)33-17-15-27(7)8)19-26(14-10-2,20(28)29)36-23(34)35-12-4/h11-12,17,21,59,61-64,73,77-78H,8-10,13-16,18-20,22-55H2,1-5,7H3,(H,72,74);9-19H2,1-8H3,(H,28,29)/t59-,61-,62+,63-,64-,68?,69?;/m1./s1. The van der Waals surface area contributed by atoms with Crippen molar-refractivity contribution in [1.29, 1.82) is 0 Å². The number of carbonyl (C=O) groups excluding carboxylic acids is 7. The third-order valence-corrected chi connectivity index (χ3v) is 26.5. The summed E-state index contributed by atoms with van der Waals surface area (Å²) in [5, 5.41) is 43.7. The number of carboxylic acids is 1. The average Bonchev–Trinajstić information content (AvgIpc) is 0.774. The number of carbonyl (C=O) groups is 8. The van der Waals surface area contributed by atoms with Crippen LogP contribution in [0.5, 0.6) is 0 Å². The number of carboxylic acid groups (broad SMARTS) is 1. The van der Waals surface area contributed by atoms with Crippen LogP contribution in [0.1, 0.15) is 198 Å². The van der Waals surface area contributed by atoms with Crippen molar-refractivity contribution in [2.45, 2.75) is 244 Å². The molecule has 1 aromatic rings. The molecule has 0 bridgehead atoms. The Morgan fingerprint density at radius 2 is 0.985 bits per heavy atom. The first-order valence-electron chi connectivity index (χ1n) is 47.7. The predicted molar refractivity (Wildman–Crippen MR) is 525 cm³/mol. The van der Waals surface area contributed by atoms with Gasteiger partial charge in [-0.15, -0.1) is 11.8 Å². The van der Waals surface area contributed by atoms with Gasteiger partial charge >= 0.3 is 29.8 Å². The molecule has 2 rings (SSSR count). The van der Waals surface area contributed by atoms with E-state index in [2.05, 4.69) is 15.1 Å². The van der Waals surface area contributed by atoms with Crippen molar-refractivity contribution in [3.8, 4) is 0 Å². The fourth-order valence-electron chi connectivity index (χ4n) is 14.2. The van der Waals surface area contributed by atoms with Gasteiger partial charge in [-0.2, -0.15) is 0 Å². The summed E-state index contributed by atoms with van der Waals surface area (Å²) in [6.07, 6.45) is 5.27. The Morgan fingerprint density at radius 3 is 1.44 bits per heavy atom. The second-order valence-electron chi connectivity index (χ2n) is 34.7. The zero-order valence-electron chi connectivity index (χ0n) is 83.7. The van der Waals surface area contributed by atoms with Gasteiger partial charge in [0.1, 0.15) is 69.0 Å². The number of ether oxygens (including phenoxy) is 20. The van der Waals surface area contributed by atoms with Gasteiger partial charge in [0.15, 0.2) is 6.29 Å². The van der Waals surface area contributed by atoms with Crippen LogP contribution in [0.4, 0.5) is 0 Å². The van der Waals surface area contributed by atoms with Crippen molar-refractivity contribution < 1.29 is 154 Å². The van der Waals surface area contributed by atoms with E-state index in [4.69, 9.17) is 114 Å². The number of likely N-dealkylation sites (N-methyl/N-ethyl adjacent to an activating group) is 1. The van der Waals surface area contributed by atoms with Crippen LogP contribution in [0.15, 0.2) is 29.4 Å². The minimum absolute atomic E-state index is 0.00254. The summed E-state index contributed by atoms with van der Waals surface area (Å²) in [4.78, 5) is 113. The number of thioether (sulfide) groups is 2. The SMILES string of the molecule is CCCCOC(=O)C(C)(CC(C)(CC)C(=O)OCCN(C)C)CC(CCC)(SC(=S)SCC)C(=O)O.[C-]#[N+]C(C)(CCC(=O)CCCOCCOCCOCCOCCOCCOCCOCCOCCOCCOCCOCCOCCOCCC(=O)CCCCCCO[C@@H]1O[C@H](CO)[C@H](O)[C@H](O)[C@H]1NC(C)=O)CC(C)(CC(C)(C)C(=O)OCCOC)C(=O)OCCSSc1ccccn1. The first-order chi connectivity index (χ1) is 65.1. The molecule has 1 saturated heterocycles. The summed E-state index contributed by atoms with van der Waals surface area (Å²) in [6, 6.07) is 4.67. The predicted octanol–water partition coefficient (Wildman–Crippen LogP) is 11.3. The van der Waals surface area contributed by atoms with E-state index in [0.717, 1.165) is 48.2 Å². The molecule has 36 nitrogen and oxygen atoms in total. The van der Waals surface area contributed by atoms with Crippen LogP contribution in [0.2, 0.25) is 0 Å². The third kappa shape index (κ3) is 61.5. The van der Waals surface area contributed by atoms with Crippen molar-refractivity contribution in [1.82, 2.24) is 15.2 Å². The molecule has 1 fully saturated rings. The smallest absolute Gasteiger partial charge is 0.320 e. The number of rotatable bonds is 88. The van der Waals surface area contributed by atoms with Gasteiger partial charge in [-0.05, 0) is 135 Å². The number of unbranched alkanes of at least 4 members (excludes halogenated alkanes) is 4. The van der Waals surface area contributed by atoms with E-state index in [1.54, 1.807) is 47.7 Å². The molecule has 0 aliphatic carbocycles. The fraction of sp³-hybridized carbons (Fsp3) is 0.842. The number of thiocarbonyl (C=S) groups is 1. The highest BCUT2D eigenvalue weighted by atomic mass is 33.1. The molecule has 1 aliphatic rings. The van der Waals surface area contributed by atoms with E-state index in [0.29, 0.717) is 245 Å². The number of Topliss-reactive ketones (excluding diaryl/α,β-unsaturated/α-hetero) is 2. The Bertz CT molecular complexity index is 3370. The summed E-state index contributed by atoms with van der Waals surface area (Å²) in [5.41, 5.74) is -5.60. The zero-order chi connectivity index (χ0) is 101. The lowest BCUT2D eigenvalue weighted by Crippen LogP contribution is -2.64. The van der Waals surface area contributed by atoms with E-state index in [-0.39, 0.29) is 95.7 Å². The molecule has 0 aromatic carbocycles. The number of hydrogen-bond acceptors (Lipinski definition) is 38. The molecule has 788 valence electrons. The summed E-state index contributed by atoms with van der Waals surface area (Å²) in [7, 11) is 8.29. The summed E-state index contributed by atoms with van der Waals surface area (Å²) < 4.78 is 110. The van der Waals surface area contributed by atoms with E-state index >= 15 is 0 Å². The van der Waals surface area contributed by atoms with Gasteiger partial charge in [-0.1, -0.05) is 94.2 Å². The Balaban J connectivity index is 0.00000215. The molecule has 10 atom stereocenters. The number of esters is 4. The minimum Gasteiger partial charge on any atom is -0.480 e. The number of nitrogens with one attached hydrogen (secondary N) is 1. The summed E-state index contributed by atoms with van der Waals surface area (Å²) in [6.45, 7) is 39.9. The quantitative estimate of drug-likeness (QED) is 0.0101. The van der Waals surface area contributed by atoms with Crippen LogP contribution in [-0.4, -0.2) is 379 Å². The van der Waals surface area contributed by atoms with Crippen LogP contribution >= 0.6 is 57.3 Å². The maximum Gasteiger partial charge on any atom is 0.320 e. The Kier molecular flexibility index (Phi) is 76.1. The van der Waals surface area contributed by atoms with Crippen LogP contribution in [0.25, 0.3) is 4.85 Å². The van der Waals surface area contributed by atoms with Crippen LogP contribution in [0.3, 0.4) is 0 Å². The van der Waals surface area contributed by atoms with Gasteiger partial charge < -0.3 is 130 Å². The van der Waals surface area contributed by atoms with E-state index in [1.807, 2.05) is 64.9 Å². The number of aliphatic carboxylic acids is 1. The Hall–Kier alpha value is -4.51. The summed E-state index contributed by atoms with van der Waals surface area (Å²) in [5.74, 6) is -1.91. The number of nitrogens with zero attached hydrogens (tertiary/aromatic N) is 3. The van der Waals surface area contributed by atoms with Gasteiger partial charge in [0.05, 0.1) is 207 Å². The van der Waals surface area contributed by atoms with Crippen molar-refractivity contribution >= 4 is 108 Å². The summed E-state index contributed by atoms with van der Waals surface area (Å²) >= 11 is 8.06. The maximum absolute atomic E-state index is 13.9. The number of amides is 1. The molecular weight excluding hydrogens is 1870 g/mol. The maximum atomic E-state index is 13.9. The number of methoxy groups -OCH3 is 1. The third-order valence-electron chi connectivity index (χ3n) is 21.5. The van der Waals surface area contributed by atoms with Crippen molar-refractivity contribution in [3.63, 3.8) is 0 Å². The highest BCUT2D eigenvalue weighted by Crippen LogP contribution is 2.50. The number of pyridine rings is 1. The molecule has 1 aromatic heterocycles. The molecule has 0 saturated carbocycles. The largest absolute Gasteiger partial charge is 0.480 e. The Morgan fingerprint density at radius 1 is 0.515 bits per heavy atom. The number of aliphatic hydroxyl groups is 3. The Labute approximate surface area is 830 Å². The van der Waals surface area contributed by atoms with Gasteiger partial charge in [0, 0.05) is 91.2 Å². The van der Waals surface area contributed by atoms with E-state index in [1.165, 1.54) is 47.4 Å². The minimum atomic E-state index is -1.36. The van der Waals surface area contributed by atoms with Crippen molar-refractivity contribution in [3.05, 3.63) is 35.8 Å². The van der Waals surface area contributed by atoms with Crippen LogP contribution in [0, 0.1) is 28.2 Å². The molecule has 0 radical (unpaired) electrons. The monoisotopic (exact) mass is 2040 g/mol. The molecule has 0 spiro atoms. The molecule has 41 heteroatoms. The van der Waals surface area contributed by atoms with E-state index < -0.39 is 99.0 Å². The number of ketones is 2. The van der Waals surface area contributed by atoms with E-state index in [9.17, 15) is 58.8 Å². The molecule has 1 aliphatic heterocycles. The number of aliphatic hydroxyl groups excluding tert-OH is 3. The molecule has 2 heterocycles. The highest BCUT2D eigenvalue weighted by molar-refractivity contribution is 8.76. The second kappa shape index (κ2) is 79.9. The topological polar surface area (TPSA) is 435 Å². The zero-order valence-corrected chi connectivity index (χ0v) is 87.8. The van der Waals surface area contributed by atoms with Gasteiger partial charge in [0.2, 0.25) is 11.4 Å². The molecule has 5 unspecified atom stereocenters. The van der Waals surface area contributed by atoms with Crippen LogP contribution < -0.4 is 5.32 Å². The van der Waals surface area contributed by atoms with Crippen molar-refractivity contribution in [2.75, 3.05) is 257 Å². The molecular formula is C95H166N4O32S5. The number of aromatic nitrogens is 1. The number of hydrogen-bond donors (Lipinski definition) is 5. The molecule has 1 amide bonds. The lowest BCUT2D eigenvalue weighted by molar-refractivity contribution is -0.270. The first-order valence-corrected chi connectivity index (χ1v) is 52.2. The lowest BCUT2D eigenvalue weighted by Gasteiger charge is -2.42. The first kappa shape index (κ1) is 129.